The van der Waals surface area contributed by atoms with Crippen LogP contribution in [0.2, 0.25) is 5.02 Å². The summed E-state index contributed by atoms with van der Waals surface area (Å²) in [6.45, 7) is 4.81. The fraction of sp³-hybridized carbons (Fsp3) is 0.478. The molecule has 2 saturated heterocycles. The molecule has 2 heterocycles. The standard InChI is InChI=1S/C23H28ClN3O4S/c1-15-5-3-4-11-26(15)22(28)16(2)27-12-10-21(23(27)29)25-32(30,31)20-9-7-17-13-19(24)8-6-18(17)14-20/h6-9,13-16,21,25H,3-5,10-12H2,1-2H3/t15-,16-,21-/m1/s1. The van der Waals surface area contributed by atoms with Crippen LogP contribution < -0.4 is 4.72 Å². The number of halogens is 1. The quantitative estimate of drug-likeness (QED) is 0.716. The predicted molar refractivity (Wildman–Crippen MR) is 124 cm³/mol. The Labute approximate surface area is 193 Å². The van der Waals surface area contributed by atoms with Gasteiger partial charge in [0.25, 0.3) is 0 Å². The van der Waals surface area contributed by atoms with Crippen LogP contribution in [0.3, 0.4) is 0 Å². The topological polar surface area (TPSA) is 86.8 Å². The van der Waals surface area contributed by atoms with E-state index in [1.807, 2.05) is 11.8 Å². The fourth-order valence-corrected chi connectivity index (χ4v) is 6.05. The summed E-state index contributed by atoms with van der Waals surface area (Å²) in [4.78, 5) is 29.4. The Bertz CT molecular complexity index is 1150. The van der Waals surface area contributed by atoms with Crippen molar-refractivity contribution in [1.82, 2.24) is 14.5 Å². The van der Waals surface area contributed by atoms with Gasteiger partial charge in [0.1, 0.15) is 12.1 Å². The maximum absolute atomic E-state index is 13.0. The Kier molecular flexibility index (Phi) is 6.47. The zero-order chi connectivity index (χ0) is 23.0. The summed E-state index contributed by atoms with van der Waals surface area (Å²) < 4.78 is 28.5. The number of hydrogen-bond donors (Lipinski definition) is 1. The summed E-state index contributed by atoms with van der Waals surface area (Å²) in [6.07, 6.45) is 3.37. The molecule has 3 atom stereocenters. The first kappa shape index (κ1) is 23.0. The average molecular weight is 478 g/mol. The van der Waals surface area contributed by atoms with Gasteiger partial charge in [-0.05, 0) is 74.6 Å². The molecule has 2 aromatic rings. The number of likely N-dealkylation sites (tertiary alicyclic amines) is 2. The van der Waals surface area contributed by atoms with Gasteiger partial charge in [-0.2, -0.15) is 4.72 Å². The summed E-state index contributed by atoms with van der Waals surface area (Å²) >= 11 is 6.00. The van der Waals surface area contributed by atoms with Gasteiger partial charge in [-0.25, -0.2) is 8.42 Å². The lowest BCUT2D eigenvalue weighted by Gasteiger charge is -2.37. The van der Waals surface area contributed by atoms with Crippen molar-refractivity contribution in [2.24, 2.45) is 0 Å². The largest absolute Gasteiger partial charge is 0.338 e. The van der Waals surface area contributed by atoms with Gasteiger partial charge in [0.15, 0.2) is 0 Å². The molecule has 1 N–H and O–H groups in total. The van der Waals surface area contributed by atoms with Crippen molar-refractivity contribution in [1.29, 1.82) is 0 Å². The highest BCUT2D eigenvalue weighted by molar-refractivity contribution is 7.89. The molecule has 2 fully saturated rings. The maximum atomic E-state index is 13.0. The number of fused-ring (bicyclic) bond motifs is 1. The molecule has 7 nitrogen and oxygen atoms in total. The van der Waals surface area contributed by atoms with Crippen molar-refractivity contribution in [2.75, 3.05) is 13.1 Å². The van der Waals surface area contributed by atoms with Crippen LogP contribution in [0.15, 0.2) is 41.3 Å². The highest BCUT2D eigenvalue weighted by Gasteiger charge is 2.40. The third kappa shape index (κ3) is 4.49. The Morgan fingerprint density at radius 3 is 2.56 bits per heavy atom. The molecule has 9 heteroatoms. The van der Waals surface area contributed by atoms with Gasteiger partial charge in [0, 0.05) is 24.2 Å². The van der Waals surface area contributed by atoms with Gasteiger partial charge in [0.2, 0.25) is 21.8 Å². The number of nitrogens with one attached hydrogen (secondary N) is 1. The van der Waals surface area contributed by atoms with E-state index in [-0.39, 0.29) is 22.8 Å². The van der Waals surface area contributed by atoms with Crippen molar-refractivity contribution in [3.05, 3.63) is 41.4 Å². The van der Waals surface area contributed by atoms with Gasteiger partial charge in [-0.15, -0.1) is 0 Å². The number of amides is 2. The van der Waals surface area contributed by atoms with Gasteiger partial charge in [-0.1, -0.05) is 23.7 Å². The van der Waals surface area contributed by atoms with E-state index in [0.717, 1.165) is 30.0 Å². The molecule has 0 spiro atoms. The molecule has 2 aliphatic rings. The molecule has 2 aromatic carbocycles. The molecule has 2 aliphatic heterocycles. The van der Waals surface area contributed by atoms with Crippen LogP contribution in [0.4, 0.5) is 0 Å². The van der Waals surface area contributed by atoms with Crippen molar-refractivity contribution in [3.8, 4) is 0 Å². The molecular weight excluding hydrogens is 450 g/mol. The number of benzene rings is 2. The third-order valence-electron chi connectivity index (χ3n) is 6.53. The van der Waals surface area contributed by atoms with E-state index in [0.29, 0.717) is 24.5 Å². The summed E-state index contributed by atoms with van der Waals surface area (Å²) in [5.74, 6) is -0.422. The molecule has 0 unspecified atom stereocenters. The zero-order valence-corrected chi connectivity index (χ0v) is 19.8. The summed E-state index contributed by atoms with van der Waals surface area (Å²) in [7, 11) is -3.90. The lowest BCUT2D eigenvalue weighted by molar-refractivity contribution is -0.145. The monoisotopic (exact) mass is 477 g/mol. The van der Waals surface area contributed by atoms with Crippen molar-refractivity contribution in [2.45, 2.75) is 62.6 Å². The maximum Gasteiger partial charge on any atom is 0.245 e. The first-order valence-electron chi connectivity index (χ1n) is 11.0. The van der Waals surface area contributed by atoms with Crippen molar-refractivity contribution in [3.63, 3.8) is 0 Å². The molecule has 0 radical (unpaired) electrons. The highest BCUT2D eigenvalue weighted by Crippen LogP contribution is 2.25. The zero-order valence-electron chi connectivity index (χ0n) is 18.3. The molecule has 172 valence electrons. The third-order valence-corrected chi connectivity index (χ3v) is 8.24. The van der Waals surface area contributed by atoms with E-state index in [1.54, 1.807) is 37.3 Å². The SMILES string of the molecule is C[C@@H]1CCCCN1C(=O)[C@@H](C)N1CC[C@@H](NS(=O)(=O)c2ccc3cc(Cl)ccc3c2)C1=O. The Hall–Kier alpha value is -2.16. The van der Waals surface area contributed by atoms with Gasteiger partial charge < -0.3 is 9.80 Å². The summed E-state index contributed by atoms with van der Waals surface area (Å²) in [5, 5.41) is 2.15. The van der Waals surface area contributed by atoms with Crippen LogP contribution in [0.25, 0.3) is 10.8 Å². The Balaban J connectivity index is 1.46. The number of rotatable bonds is 5. The first-order chi connectivity index (χ1) is 15.2. The minimum absolute atomic E-state index is 0.0674. The van der Waals surface area contributed by atoms with Crippen molar-refractivity contribution < 1.29 is 18.0 Å². The van der Waals surface area contributed by atoms with E-state index in [2.05, 4.69) is 4.72 Å². The molecule has 0 saturated carbocycles. The number of nitrogens with zero attached hydrogens (tertiary/aromatic N) is 2. The molecule has 0 bridgehead atoms. The number of hydrogen-bond acceptors (Lipinski definition) is 4. The molecular formula is C23H28ClN3O4S. The lowest BCUT2D eigenvalue weighted by Crippen LogP contribution is -2.53. The van der Waals surface area contributed by atoms with Crippen LogP contribution in [0.1, 0.15) is 39.5 Å². The highest BCUT2D eigenvalue weighted by atomic mass is 35.5. The Morgan fingerprint density at radius 2 is 1.81 bits per heavy atom. The van der Waals surface area contributed by atoms with E-state index in [4.69, 9.17) is 11.6 Å². The fourth-order valence-electron chi connectivity index (χ4n) is 4.61. The van der Waals surface area contributed by atoms with Crippen LogP contribution in [-0.2, 0) is 19.6 Å². The molecule has 4 rings (SSSR count). The second kappa shape index (κ2) is 9.00. The minimum atomic E-state index is -3.90. The second-order valence-corrected chi connectivity index (χ2v) is 10.9. The smallest absolute Gasteiger partial charge is 0.245 e. The van der Waals surface area contributed by atoms with E-state index in [9.17, 15) is 18.0 Å². The predicted octanol–water partition coefficient (Wildman–Crippen LogP) is 3.16. The van der Waals surface area contributed by atoms with Crippen LogP contribution in [0.5, 0.6) is 0 Å². The second-order valence-electron chi connectivity index (χ2n) is 8.70. The minimum Gasteiger partial charge on any atom is -0.338 e. The number of carbonyl (C=O) groups is 2. The normalized spacial score (nSPS) is 23.0. The van der Waals surface area contributed by atoms with Gasteiger partial charge in [0.05, 0.1) is 4.90 Å². The van der Waals surface area contributed by atoms with E-state index in [1.165, 1.54) is 11.0 Å². The van der Waals surface area contributed by atoms with E-state index < -0.39 is 22.1 Å². The number of piperidine rings is 1. The van der Waals surface area contributed by atoms with Crippen LogP contribution >= 0.6 is 11.6 Å². The van der Waals surface area contributed by atoms with Crippen LogP contribution in [-0.4, -0.2) is 61.2 Å². The first-order valence-corrected chi connectivity index (χ1v) is 12.9. The number of sulfonamides is 1. The van der Waals surface area contributed by atoms with Crippen LogP contribution in [0, 0.1) is 0 Å². The summed E-state index contributed by atoms with van der Waals surface area (Å²) in [6, 6.07) is 8.66. The van der Waals surface area contributed by atoms with Gasteiger partial charge in [-0.3, -0.25) is 9.59 Å². The molecule has 0 aromatic heterocycles. The average Bonchev–Trinajstić information content (AvgIpc) is 3.12. The molecule has 32 heavy (non-hydrogen) atoms. The van der Waals surface area contributed by atoms with Gasteiger partial charge >= 0.3 is 0 Å². The van der Waals surface area contributed by atoms with E-state index >= 15 is 0 Å². The Morgan fingerprint density at radius 1 is 1.09 bits per heavy atom. The molecule has 0 aliphatic carbocycles. The molecule has 2 amide bonds. The number of carbonyl (C=O) groups excluding carboxylic acids is 2. The van der Waals surface area contributed by atoms with Crippen molar-refractivity contribution >= 4 is 44.2 Å². The lowest BCUT2D eigenvalue weighted by atomic mass is 10.0. The summed E-state index contributed by atoms with van der Waals surface area (Å²) in [5.41, 5.74) is 0.